The lowest BCUT2D eigenvalue weighted by atomic mass is 10.1. The molecule has 0 radical (unpaired) electrons. The van der Waals surface area contributed by atoms with Crippen molar-refractivity contribution in [3.05, 3.63) is 29.0 Å². The lowest BCUT2D eigenvalue weighted by Gasteiger charge is -2.36. The molecule has 0 bridgehead atoms. The van der Waals surface area contributed by atoms with Gasteiger partial charge < -0.3 is 4.90 Å². The number of amides is 2. The lowest BCUT2D eigenvalue weighted by Crippen LogP contribution is -2.57. The predicted octanol–water partition coefficient (Wildman–Crippen LogP) is 1.82. The molecule has 2 amide bonds. The number of benzene rings is 1. The van der Waals surface area contributed by atoms with Gasteiger partial charge >= 0.3 is 0 Å². The van der Waals surface area contributed by atoms with Crippen molar-refractivity contribution in [2.75, 3.05) is 18.0 Å². The Bertz CT molecular complexity index is 564. The summed E-state index contributed by atoms with van der Waals surface area (Å²) < 4.78 is 13.0. The van der Waals surface area contributed by atoms with E-state index < -0.39 is 5.82 Å². The van der Waals surface area contributed by atoms with Crippen LogP contribution in [0, 0.1) is 5.82 Å². The lowest BCUT2D eigenvalue weighted by molar-refractivity contribution is -0.140. The number of fused-ring (bicyclic) bond motifs is 1. The first kappa shape index (κ1) is 12.4. The maximum Gasteiger partial charge on any atom is 0.250 e. The molecule has 0 aromatic heterocycles. The highest BCUT2D eigenvalue weighted by atomic mass is 35.5. The number of piperazine rings is 1. The second-order valence-corrected chi connectivity index (χ2v) is 5.17. The van der Waals surface area contributed by atoms with E-state index >= 15 is 0 Å². The SMILES string of the molecule is O=C1C2CCCN2C(=O)CN1c1ccc(F)cc1Cl. The molecule has 1 atom stereocenters. The number of carbonyl (C=O) groups excluding carboxylic acids is 2. The van der Waals surface area contributed by atoms with Gasteiger partial charge in [0, 0.05) is 6.54 Å². The third-order valence-electron chi connectivity index (χ3n) is 3.62. The van der Waals surface area contributed by atoms with Crippen molar-refractivity contribution in [3.63, 3.8) is 0 Å². The van der Waals surface area contributed by atoms with E-state index in [1.807, 2.05) is 0 Å². The smallest absolute Gasteiger partial charge is 0.250 e. The number of nitrogens with zero attached hydrogens (tertiary/aromatic N) is 2. The molecule has 2 saturated heterocycles. The Labute approximate surface area is 114 Å². The molecule has 100 valence electrons. The normalized spacial score (nSPS) is 22.9. The Hall–Kier alpha value is -1.62. The van der Waals surface area contributed by atoms with Crippen molar-refractivity contribution in [3.8, 4) is 0 Å². The minimum absolute atomic E-state index is 0.0271. The van der Waals surface area contributed by atoms with Gasteiger partial charge in [0.05, 0.1) is 10.7 Å². The first-order valence-electron chi connectivity index (χ1n) is 6.14. The Kier molecular flexibility index (Phi) is 2.93. The minimum Gasteiger partial charge on any atom is -0.329 e. The molecule has 0 spiro atoms. The molecule has 0 aliphatic carbocycles. The zero-order valence-electron chi connectivity index (χ0n) is 10.1. The summed E-state index contributed by atoms with van der Waals surface area (Å²) in [5.74, 6) is -0.680. The number of hydrogen-bond acceptors (Lipinski definition) is 2. The van der Waals surface area contributed by atoms with Gasteiger partial charge in [0.25, 0.3) is 0 Å². The van der Waals surface area contributed by atoms with E-state index in [1.165, 1.54) is 17.0 Å². The van der Waals surface area contributed by atoms with E-state index in [4.69, 9.17) is 11.6 Å². The zero-order chi connectivity index (χ0) is 13.6. The largest absolute Gasteiger partial charge is 0.329 e. The van der Waals surface area contributed by atoms with E-state index in [0.29, 0.717) is 18.7 Å². The van der Waals surface area contributed by atoms with Crippen molar-refractivity contribution >= 4 is 29.1 Å². The van der Waals surface area contributed by atoms with Crippen LogP contribution in [0.15, 0.2) is 18.2 Å². The van der Waals surface area contributed by atoms with Crippen molar-refractivity contribution < 1.29 is 14.0 Å². The maximum absolute atomic E-state index is 13.0. The number of halogens is 2. The van der Waals surface area contributed by atoms with E-state index in [2.05, 4.69) is 0 Å². The third kappa shape index (κ3) is 1.98. The Morgan fingerprint density at radius 2 is 2.11 bits per heavy atom. The van der Waals surface area contributed by atoms with Crippen LogP contribution in [-0.2, 0) is 9.59 Å². The van der Waals surface area contributed by atoms with E-state index in [-0.39, 0.29) is 29.4 Å². The Morgan fingerprint density at radius 1 is 1.32 bits per heavy atom. The monoisotopic (exact) mass is 282 g/mol. The maximum atomic E-state index is 13.0. The fourth-order valence-corrected chi connectivity index (χ4v) is 2.98. The van der Waals surface area contributed by atoms with Crippen LogP contribution in [0.2, 0.25) is 5.02 Å². The van der Waals surface area contributed by atoms with Gasteiger partial charge in [0.15, 0.2) is 0 Å². The van der Waals surface area contributed by atoms with Gasteiger partial charge in [-0.15, -0.1) is 0 Å². The van der Waals surface area contributed by atoms with Crippen LogP contribution < -0.4 is 4.90 Å². The summed E-state index contributed by atoms with van der Waals surface area (Å²) in [5, 5.41) is 0.146. The molecule has 0 saturated carbocycles. The molecule has 3 rings (SSSR count). The molecular formula is C13H12ClFN2O2. The highest BCUT2D eigenvalue weighted by molar-refractivity contribution is 6.34. The first-order valence-corrected chi connectivity index (χ1v) is 6.51. The molecule has 2 fully saturated rings. The quantitative estimate of drug-likeness (QED) is 0.788. The molecule has 1 aromatic carbocycles. The van der Waals surface area contributed by atoms with Gasteiger partial charge in [-0.05, 0) is 31.0 Å². The van der Waals surface area contributed by atoms with Crippen molar-refractivity contribution in [2.24, 2.45) is 0 Å². The van der Waals surface area contributed by atoms with E-state index in [1.54, 1.807) is 4.90 Å². The average molecular weight is 283 g/mol. The first-order chi connectivity index (χ1) is 9.08. The molecule has 2 heterocycles. The summed E-state index contributed by atoms with van der Waals surface area (Å²) in [7, 11) is 0. The van der Waals surface area contributed by atoms with Crippen molar-refractivity contribution in [2.45, 2.75) is 18.9 Å². The fourth-order valence-electron chi connectivity index (χ4n) is 2.71. The molecule has 19 heavy (non-hydrogen) atoms. The Balaban J connectivity index is 1.96. The van der Waals surface area contributed by atoms with Gasteiger partial charge in [-0.2, -0.15) is 0 Å². The average Bonchev–Trinajstić information content (AvgIpc) is 2.84. The number of hydrogen-bond donors (Lipinski definition) is 0. The molecular weight excluding hydrogens is 271 g/mol. The van der Waals surface area contributed by atoms with Gasteiger partial charge in [0.2, 0.25) is 11.8 Å². The van der Waals surface area contributed by atoms with Crippen LogP contribution in [0.5, 0.6) is 0 Å². The Morgan fingerprint density at radius 3 is 2.84 bits per heavy atom. The van der Waals surface area contributed by atoms with Gasteiger partial charge in [0.1, 0.15) is 18.4 Å². The summed E-state index contributed by atoms with van der Waals surface area (Å²) in [6, 6.07) is 3.44. The third-order valence-corrected chi connectivity index (χ3v) is 3.92. The second kappa shape index (κ2) is 4.49. The van der Waals surface area contributed by atoms with Crippen molar-refractivity contribution in [1.29, 1.82) is 0 Å². The zero-order valence-corrected chi connectivity index (χ0v) is 10.9. The molecule has 1 aromatic rings. The summed E-state index contributed by atoms with van der Waals surface area (Å²) in [4.78, 5) is 27.3. The second-order valence-electron chi connectivity index (χ2n) is 4.77. The highest BCUT2D eigenvalue weighted by Gasteiger charge is 2.42. The fraction of sp³-hybridized carbons (Fsp3) is 0.385. The summed E-state index contributed by atoms with van der Waals surface area (Å²) >= 11 is 5.96. The summed E-state index contributed by atoms with van der Waals surface area (Å²) in [5.41, 5.74) is 0.396. The van der Waals surface area contributed by atoms with Crippen LogP contribution >= 0.6 is 11.6 Å². The minimum atomic E-state index is -0.466. The molecule has 4 nitrogen and oxygen atoms in total. The van der Waals surface area contributed by atoms with Crippen LogP contribution in [0.25, 0.3) is 0 Å². The molecule has 6 heteroatoms. The number of anilines is 1. The van der Waals surface area contributed by atoms with Crippen LogP contribution in [0.3, 0.4) is 0 Å². The van der Waals surface area contributed by atoms with E-state index in [9.17, 15) is 14.0 Å². The highest BCUT2D eigenvalue weighted by Crippen LogP contribution is 2.32. The van der Waals surface area contributed by atoms with Gasteiger partial charge in [-0.3, -0.25) is 14.5 Å². The molecule has 2 aliphatic heterocycles. The molecule has 0 N–H and O–H groups in total. The van der Waals surface area contributed by atoms with Crippen LogP contribution in [0.4, 0.5) is 10.1 Å². The topological polar surface area (TPSA) is 40.6 Å². The van der Waals surface area contributed by atoms with Gasteiger partial charge in [-0.25, -0.2) is 4.39 Å². The van der Waals surface area contributed by atoms with Crippen LogP contribution in [-0.4, -0.2) is 35.8 Å². The van der Waals surface area contributed by atoms with Crippen molar-refractivity contribution in [1.82, 2.24) is 4.90 Å². The standard InChI is InChI=1S/C13H12ClFN2O2/c14-9-6-8(15)3-4-10(9)17-7-12(18)16-5-1-2-11(16)13(17)19/h3-4,6,11H,1-2,5,7H2. The van der Waals surface area contributed by atoms with E-state index in [0.717, 1.165) is 12.5 Å². The summed E-state index contributed by atoms with van der Waals surface area (Å²) in [6.45, 7) is 0.612. The molecule has 1 unspecified atom stereocenters. The predicted molar refractivity (Wildman–Crippen MR) is 68.5 cm³/mol. The van der Waals surface area contributed by atoms with Crippen LogP contribution in [0.1, 0.15) is 12.8 Å². The number of rotatable bonds is 1. The van der Waals surface area contributed by atoms with Gasteiger partial charge in [-0.1, -0.05) is 11.6 Å². The summed E-state index contributed by atoms with van der Waals surface area (Å²) in [6.07, 6.45) is 1.52. The molecule has 2 aliphatic rings. The number of carbonyl (C=O) groups is 2.